The quantitative estimate of drug-likeness (QED) is 0.589. The van der Waals surface area contributed by atoms with Crippen molar-refractivity contribution in [3.05, 3.63) is 35.6 Å². The zero-order chi connectivity index (χ0) is 16.9. The van der Waals surface area contributed by atoms with E-state index in [2.05, 4.69) is 15.5 Å². The predicted molar refractivity (Wildman–Crippen MR) is 96.5 cm³/mol. The lowest BCUT2D eigenvalue weighted by Gasteiger charge is -2.21. The fourth-order valence-corrected chi connectivity index (χ4v) is 4.84. The molecule has 0 spiro atoms. The summed E-state index contributed by atoms with van der Waals surface area (Å²) in [4.78, 5) is 12.4. The lowest BCUT2D eigenvalue weighted by Crippen LogP contribution is -2.21. The van der Waals surface area contributed by atoms with Gasteiger partial charge in [-0.3, -0.25) is 4.79 Å². The van der Waals surface area contributed by atoms with Gasteiger partial charge in [-0.05, 0) is 44.0 Å². The Hall–Kier alpha value is -1.47. The number of hydrogen-bond acceptors (Lipinski definition) is 6. The molecule has 1 saturated carbocycles. The van der Waals surface area contributed by atoms with E-state index >= 15 is 0 Å². The third kappa shape index (κ3) is 4.54. The first-order valence-electron chi connectivity index (χ1n) is 8.18. The number of thioether (sulfide) groups is 1. The van der Waals surface area contributed by atoms with Gasteiger partial charge in [0.25, 0.3) is 0 Å². The van der Waals surface area contributed by atoms with Crippen LogP contribution in [-0.2, 0) is 0 Å². The molecule has 3 rings (SSSR count). The largest absolute Gasteiger partial charge is 0.357 e. The number of Topliss-reactive ketones (excluding diaryl/α,β-unsaturated/α-hetero) is 1. The number of nitrogens with zero attached hydrogens (tertiary/aromatic N) is 2. The fraction of sp³-hybridized carbons (Fsp3) is 0.471. The maximum atomic E-state index is 13.0. The Morgan fingerprint density at radius 3 is 2.67 bits per heavy atom. The number of hydrogen-bond donors (Lipinski definition) is 1. The van der Waals surface area contributed by atoms with Gasteiger partial charge in [0.1, 0.15) is 5.82 Å². The number of anilines is 1. The minimum atomic E-state index is -0.339. The first-order valence-corrected chi connectivity index (χ1v) is 9.88. The van der Waals surface area contributed by atoms with Gasteiger partial charge >= 0.3 is 0 Å². The Balaban J connectivity index is 1.57. The van der Waals surface area contributed by atoms with E-state index in [-0.39, 0.29) is 16.9 Å². The van der Waals surface area contributed by atoms with Crippen LogP contribution in [0.25, 0.3) is 0 Å². The standard InChI is InChI=1S/C17H20FN3OS2/c1-11(15(22)12-7-9-13(18)10-8-12)23-17-21-20-16(24-17)19-14-5-3-2-4-6-14/h7-11,14H,2-6H2,1H3,(H,19,20). The fourth-order valence-electron chi connectivity index (χ4n) is 2.79. The van der Waals surface area contributed by atoms with E-state index in [4.69, 9.17) is 0 Å². The molecular weight excluding hydrogens is 345 g/mol. The Bertz CT molecular complexity index is 683. The molecule has 128 valence electrons. The number of halogens is 1. The first kappa shape index (κ1) is 17.4. The third-order valence-electron chi connectivity index (χ3n) is 4.11. The maximum Gasteiger partial charge on any atom is 0.206 e. The summed E-state index contributed by atoms with van der Waals surface area (Å²) in [6, 6.07) is 6.14. The minimum Gasteiger partial charge on any atom is -0.357 e. The molecule has 1 N–H and O–H groups in total. The summed E-state index contributed by atoms with van der Waals surface area (Å²) >= 11 is 2.88. The number of rotatable bonds is 6. The zero-order valence-corrected chi connectivity index (χ0v) is 15.1. The molecule has 7 heteroatoms. The van der Waals surface area contributed by atoms with Gasteiger partial charge in [-0.2, -0.15) is 0 Å². The van der Waals surface area contributed by atoms with E-state index in [0.29, 0.717) is 11.6 Å². The van der Waals surface area contributed by atoms with E-state index in [1.54, 1.807) is 0 Å². The van der Waals surface area contributed by atoms with Crippen LogP contribution in [0, 0.1) is 5.82 Å². The number of carbonyl (C=O) groups excluding carboxylic acids is 1. The number of aromatic nitrogens is 2. The highest BCUT2D eigenvalue weighted by Crippen LogP contribution is 2.31. The molecule has 2 aromatic rings. The summed E-state index contributed by atoms with van der Waals surface area (Å²) < 4.78 is 13.7. The lowest BCUT2D eigenvalue weighted by atomic mass is 9.96. The Labute approximate surface area is 149 Å². The normalized spacial score (nSPS) is 16.8. The summed E-state index contributed by atoms with van der Waals surface area (Å²) in [6.07, 6.45) is 6.21. The summed E-state index contributed by atoms with van der Waals surface area (Å²) in [5.74, 6) is -0.369. The smallest absolute Gasteiger partial charge is 0.206 e. The Morgan fingerprint density at radius 2 is 1.96 bits per heavy atom. The molecule has 1 aliphatic carbocycles. The van der Waals surface area contributed by atoms with Crippen molar-refractivity contribution in [1.29, 1.82) is 0 Å². The van der Waals surface area contributed by atoms with Crippen molar-refractivity contribution < 1.29 is 9.18 Å². The summed E-state index contributed by atoms with van der Waals surface area (Å²) in [7, 11) is 0. The zero-order valence-electron chi connectivity index (χ0n) is 13.5. The second kappa shape index (κ2) is 8.07. The van der Waals surface area contributed by atoms with E-state index < -0.39 is 0 Å². The molecule has 0 amide bonds. The van der Waals surface area contributed by atoms with Gasteiger partial charge in [-0.15, -0.1) is 10.2 Å². The molecule has 1 aromatic carbocycles. The van der Waals surface area contributed by atoms with Crippen molar-refractivity contribution in [3.63, 3.8) is 0 Å². The third-order valence-corrected chi connectivity index (χ3v) is 6.15. The van der Waals surface area contributed by atoms with Crippen molar-refractivity contribution >= 4 is 34.0 Å². The van der Waals surface area contributed by atoms with E-state index in [9.17, 15) is 9.18 Å². The van der Waals surface area contributed by atoms with Crippen LogP contribution in [0.5, 0.6) is 0 Å². The Morgan fingerprint density at radius 1 is 1.25 bits per heavy atom. The van der Waals surface area contributed by atoms with Crippen molar-refractivity contribution in [2.75, 3.05) is 5.32 Å². The highest BCUT2D eigenvalue weighted by molar-refractivity contribution is 8.02. The summed E-state index contributed by atoms with van der Waals surface area (Å²) in [5, 5.41) is 12.3. The van der Waals surface area contributed by atoms with Gasteiger partial charge in [0, 0.05) is 11.6 Å². The maximum absolute atomic E-state index is 13.0. The molecule has 0 bridgehead atoms. The molecule has 1 aliphatic rings. The van der Waals surface area contributed by atoms with Crippen molar-refractivity contribution in [2.45, 2.75) is 54.7 Å². The average Bonchev–Trinajstić information content (AvgIpc) is 3.02. The monoisotopic (exact) mass is 365 g/mol. The van der Waals surface area contributed by atoms with E-state index in [1.165, 1.54) is 79.5 Å². The SMILES string of the molecule is CC(Sc1nnc(NC2CCCCC2)s1)C(=O)c1ccc(F)cc1. The molecule has 1 aromatic heterocycles. The molecule has 0 saturated heterocycles. The molecule has 1 atom stereocenters. The van der Waals surface area contributed by atoms with E-state index in [0.717, 1.165) is 9.47 Å². The molecule has 0 radical (unpaired) electrons. The van der Waals surface area contributed by atoms with Crippen molar-refractivity contribution in [1.82, 2.24) is 10.2 Å². The number of benzene rings is 1. The highest BCUT2D eigenvalue weighted by Gasteiger charge is 2.20. The predicted octanol–water partition coefficient (Wildman–Crippen LogP) is 4.79. The van der Waals surface area contributed by atoms with Crippen LogP contribution in [-0.4, -0.2) is 27.3 Å². The average molecular weight is 365 g/mol. The van der Waals surface area contributed by atoms with Gasteiger partial charge in [0.15, 0.2) is 10.1 Å². The molecule has 4 nitrogen and oxygen atoms in total. The van der Waals surface area contributed by atoms with Gasteiger partial charge in [-0.1, -0.05) is 42.4 Å². The van der Waals surface area contributed by atoms with Crippen LogP contribution in [0.1, 0.15) is 49.4 Å². The van der Waals surface area contributed by atoms with Crippen LogP contribution in [0.4, 0.5) is 9.52 Å². The Kier molecular flexibility index (Phi) is 5.84. The first-order chi connectivity index (χ1) is 11.6. The molecule has 1 unspecified atom stereocenters. The van der Waals surface area contributed by atoms with Crippen molar-refractivity contribution in [2.24, 2.45) is 0 Å². The molecule has 24 heavy (non-hydrogen) atoms. The van der Waals surface area contributed by atoms with Crippen LogP contribution in [0.2, 0.25) is 0 Å². The van der Waals surface area contributed by atoms with Crippen LogP contribution >= 0.6 is 23.1 Å². The summed E-state index contributed by atoms with van der Waals surface area (Å²) in [5.41, 5.74) is 0.515. The van der Waals surface area contributed by atoms with Gasteiger partial charge in [0.05, 0.1) is 5.25 Å². The number of carbonyl (C=O) groups is 1. The number of ketones is 1. The molecule has 1 fully saturated rings. The topological polar surface area (TPSA) is 54.9 Å². The van der Waals surface area contributed by atoms with Crippen molar-refractivity contribution in [3.8, 4) is 0 Å². The molecular formula is C17H20FN3OS2. The second-order valence-corrected chi connectivity index (χ2v) is 8.55. The molecule has 0 aliphatic heterocycles. The second-order valence-electron chi connectivity index (χ2n) is 5.98. The summed E-state index contributed by atoms with van der Waals surface area (Å²) in [6.45, 7) is 1.84. The lowest BCUT2D eigenvalue weighted by molar-refractivity contribution is 0.0994. The van der Waals surface area contributed by atoms with Crippen LogP contribution in [0.3, 0.4) is 0 Å². The molecule has 1 heterocycles. The van der Waals surface area contributed by atoms with Gasteiger partial charge < -0.3 is 5.32 Å². The van der Waals surface area contributed by atoms with Gasteiger partial charge in [0.2, 0.25) is 5.13 Å². The van der Waals surface area contributed by atoms with Gasteiger partial charge in [-0.25, -0.2) is 4.39 Å². The van der Waals surface area contributed by atoms with E-state index in [1.807, 2.05) is 6.92 Å². The van der Waals surface area contributed by atoms with Crippen LogP contribution in [0.15, 0.2) is 28.6 Å². The minimum absolute atomic E-state index is 0.0306. The number of nitrogens with one attached hydrogen (secondary N) is 1. The highest BCUT2D eigenvalue weighted by atomic mass is 32.2. The van der Waals surface area contributed by atoms with Crippen LogP contribution < -0.4 is 5.32 Å².